The van der Waals surface area contributed by atoms with Crippen LogP contribution in [0.5, 0.6) is 5.75 Å². The van der Waals surface area contributed by atoms with Gasteiger partial charge in [0.2, 0.25) is 0 Å². The highest BCUT2D eigenvalue weighted by Gasteiger charge is 2.11. The minimum Gasteiger partial charge on any atom is -0.479 e. The first kappa shape index (κ1) is 12.2. The number of carbonyl (C=O) groups is 2. The third kappa shape index (κ3) is 3.34. The summed E-state index contributed by atoms with van der Waals surface area (Å²) in [5.74, 6) is -0.386. The monoisotopic (exact) mass is 223 g/mol. The Labute approximate surface area is 93.4 Å². The number of ether oxygens (including phenoxy) is 2. The molecule has 1 rings (SSSR count). The van der Waals surface area contributed by atoms with Gasteiger partial charge in [0.25, 0.3) is 0 Å². The lowest BCUT2D eigenvalue weighted by Crippen LogP contribution is -2.16. The van der Waals surface area contributed by atoms with Crippen molar-refractivity contribution in [3.8, 4) is 5.75 Å². The van der Waals surface area contributed by atoms with Gasteiger partial charge in [0.05, 0.1) is 6.61 Å². The second-order valence-corrected chi connectivity index (χ2v) is 3.00. The zero-order chi connectivity index (χ0) is 12.0. The van der Waals surface area contributed by atoms with E-state index in [1.807, 2.05) is 0 Å². The Morgan fingerprint density at radius 2 is 2.19 bits per heavy atom. The molecular weight excluding hydrogens is 210 g/mol. The van der Waals surface area contributed by atoms with Crippen molar-refractivity contribution in [3.63, 3.8) is 0 Å². The molecule has 0 spiro atoms. The van der Waals surface area contributed by atoms with Crippen molar-refractivity contribution in [2.45, 2.75) is 13.8 Å². The fourth-order valence-electron chi connectivity index (χ4n) is 1.11. The van der Waals surface area contributed by atoms with Crippen molar-refractivity contribution >= 4 is 11.8 Å². The van der Waals surface area contributed by atoms with Crippen LogP contribution in [-0.2, 0) is 9.53 Å². The Balaban J connectivity index is 2.66. The van der Waals surface area contributed by atoms with Gasteiger partial charge in [0.15, 0.2) is 12.4 Å². The smallest absolute Gasteiger partial charge is 0.344 e. The zero-order valence-corrected chi connectivity index (χ0v) is 9.23. The fourth-order valence-corrected chi connectivity index (χ4v) is 1.11. The predicted molar refractivity (Wildman–Crippen MR) is 56.4 cm³/mol. The van der Waals surface area contributed by atoms with Crippen LogP contribution in [-0.4, -0.2) is 30.0 Å². The number of nitrogens with zero attached hydrogens (tertiary/aromatic N) is 1. The van der Waals surface area contributed by atoms with E-state index in [0.717, 1.165) is 0 Å². The summed E-state index contributed by atoms with van der Waals surface area (Å²) in [5.41, 5.74) is 0.215. The summed E-state index contributed by atoms with van der Waals surface area (Å²) < 4.78 is 9.85. The normalized spacial score (nSPS) is 9.62. The van der Waals surface area contributed by atoms with Crippen LogP contribution in [0.15, 0.2) is 18.3 Å². The van der Waals surface area contributed by atoms with Gasteiger partial charge in [-0.15, -0.1) is 0 Å². The summed E-state index contributed by atoms with van der Waals surface area (Å²) in [7, 11) is 0. The number of esters is 1. The number of Topliss-reactive ketones (excluding diaryl/α,β-unsaturated/α-hetero) is 1. The number of rotatable bonds is 5. The maximum absolute atomic E-state index is 11.2. The highest BCUT2D eigenvalue weighted by molar-refractivity contribution is 5.94. The van der Waals surface area contributed by atoms with Gasteiger partial charge in [-0.05, 0) is 19.1 Å². The lowest BCUT2D eigenvalue weighted by atomic mass is 10.2. The van der Waals surface area contributed by atoms with Crippen molar-refractivity contribution in [1.82, 2.24) is 4.98 Å². The summed E-state index contributed by atoms with van der Waals surface area (Å²) in [5, 5.41) is 0. The van der Waals surface area contributed by atoms with Crippen LogP contribution in [0.1, 0.15) is 24.3 Å². The largest absolute Gasteiger partial charge is 0.479 e. The SMILES string of the molecule is CCOC(=O)COc1cccnc1C(C)=O. The van der Waals surface area contributed by atoms with Crippen LogP contribution in [0.4, 0.5) is 0 Å². The Morgan fingerprint density at radius 3 is 2.81 bits per heavy atom. The standard InChI is InChI=1S/C11H13NO4/c1-3-15-10(14)7-16-9-5-4-6-12-11(9)8(2)13/h4-6H,3,7H2,1-2H3. The van der Waals surface area contributed by atoms with E-state index in [1.165, 1.54) is 13.1 Å². The van der Waals surface area contributed by atoms with E-state index in [0.29, 0.717) is 12.4 Å². The van der Waals surface area contributed by atoms with Crippen molar-refractivity contribution < 1.29 is 19.1 Å². The van der Waals surface area contributed by atoms with Crippen LogP contribution in [0.3, 0.4) is 0 Å². The van der Waals surface area contributed by atoms with E-state index in [9.17, 15) is 9.59 Å². The minimum absolute atomic E-state index is 0.209. The summed E-state index contributed by atoms with van der Waals surface area (Å²) in [6.07, 6.45) is 1.49. The molecule has 16 heavy (non-hydrogen) atoms. The quantitative estimate of drug-likeness (QED) is 0.554. The van der Waals surface area contributed by atoms with Gasteiger partial charge in [-0.3, -0.25) is 4.79 Å². The highest BCUT2D eigenvalue weighted by atomic mass is 16.6. The molecule has 0 aromatic carbocycles. The molecule has 0 N–H and O–H groups in total. The van der Waals surface area contributed by atoms with E-state index >= 15 is 0 Å². The minimum atomic E-state index is -0.471. The van der Waals surface area contributed by atoms with Crippen LogP contribution in [0.25, 0.3) is 0 Å². The topological polar surface area (TPSA) is 65.5 Å². The summed E-state index contributed by atoms with van der Waals surface area (Å²) in [4.78, 5) is 26.1. The first-order valence-electron chi connectivity index (χ1n) is 4.89. The Bertz CT molecular complexity index is 389. The number of hydrogen-bond donors (Lipinski definition) is 0. The van der Waals surface area contributed by atoms with Crippen molar-refractivity contribution in [2.24, 2.45) is 0 Å². The van der Waals surface area contributed by atoms with E-state index in [1.54, 1.807) is 19.1 Å². The van der Waals surface area contributed by atoms with Gasteiger partial charge in [-0.1, -0.05) is 0 Å². The second kappa shape index (κ2) is 5.85. The first-order chi connectivity index (χ1) is 7.65. The number of hydrogen-bond acceptors (Lipinski definition) is 5. The van der Waals surface area contributed by atoms with E-state index in [2.05, 4.69) is 4.98 Å². The summed E-state index contributed by atoms with van der Waals surface area (Å²) >= 11 is 0. The van der Waals surface area contributed by atoms with Crippen LogP contribution in [0, 0.1) is 0 Å². The molecule has 86 valence electrons. The third-order valence-corrected chi connectivity index (χ3v) is 1.76. The molecule has 0 aliphatic heterocycles. The number of carbonyl (C=O) groups excluding carboxylic acids is 2. The molecule has 0 aliphatic carbocycles. The van der Waals surface area contributed by atoms with E-state index < -0.39 is 5.97 Å². The van der Waals surface area contributed by atoms with Crippen molar-refractivity contribution in [1.29, 1.82) is 0 Å². The zero-order valence-electron chi connectivity index (χ0n) is 9.23. The Morgan fingerprint density at radius 1 is 1.44 bits per heavy atom. The lowest BCUT2D eigenvalue weighted by molar-refractivity contribution is -0.145. The summed E-state index contributed by atoms with van der Waals surface area (Å²) in [6, 6.07) is 3.22. The maximum atomic E-state index is 11.2. The molecular formula is C11H13NO4. The number of ketones is 1. The van der Waals surface area contributed by atoms with Gasteiger partial charge < -0.3 is 9.47 Å². The van der Waals surface area contributed by atoms with Crippen molar-refractivity contribution in [2.75, 3.05) is 13.2 Å². The van der Waals surface area contributed by atoms with Crippen LogP contribution >= 0.6 is 0 Å². The van der Waals surface area contributed by atoms with Crippen LogP contribution in [0.2, 0.25) is 0 Å². The average molecular weight is 223 g/mol. The first-order valence-corrected chi connectivity index (χ1v) is 4.89. The third-order valence-electron chi connectivity index (χ3n) is 1.76. The van der Waals surface area contributed by atoms with Crippen molar-refractivity contribution in [3.05, 3.63) is 24.0 Å². The molecule has 5 nitrogen and oxygen atoms in total. The van der Waals surface area contributed by atoms with E-state index in [4.69, 9.17) is 9.47 Å². The molecule has 0 unspecified atom stereocenters. The highest BCUT2D eigenvalue weighted by Crippen LogP contribution is 2.15. The summed E-state index contributed by atoms with van der Waals surface area (Å²) in [6.45, 7) is 3.18. The molecule has 1 aromatic heterocycles. The molecule has 1 heterocycles. The molecule has 0 aliphatic rings. The van der Waals surface area contributed by atoms with Gasteiger partial charge in [0, 0.05) is 13.1 Å². The molecule has 0 saturated heterocycles. The molecule has 0 bridgehead atoms. The fraction of sp³-hybridized carbons (Fsp3) is 0.364. The molecule has 1 aromatic rings. The second-order valence-electron chi connectivity index (χ2n) is 3.00. The molecule has 0 fully saturated rings. The van der Waals surface area contributed by atoms with Gasteiger partial charge in [-0.25, -0.2) is 9.78 Å². The molecule has 0 radical (unpaired) electrons. The predicted octanol–water partition coefficient (Wildman–Crippen LogP) is 1.23. The Hall–Kier alpha value is -1.91. The van der Waals surface area contributed by atoms with Gasteiger partial charge in [0.1, 0.15) is 11.4 Å². The van der Waals surface area contributed by atoms with E-state index in [-0.39, 0.29) is 18.1 Å². The number of aromatic nitrogens is 1. The number of pyridine rings is 1. The Kier molecular flexibility index (Phi) is 4.44. The molecule has 5 heteroatoms. The molecule has 0 saturated carbocycles. The lowest BCUT2D eigenvalue weighted by Gasteiger charge is -2.07. The molecule has 0 amide bonds. The van der Waals surface area contributed by atoms with Gasteiger partial charge >= 0.3 is 5.97 Å². The van der Waals surface area contributed by atoms with Gasteiger partial charge in [-0.2, -0.15) is 0 Å². The molecule has 0 atom stereocenters. The van der Waals surface area contributed by atoms with Crippen LogP contribution < -0.4 is 4.74 Å². The average Bonchev–Trinajstić information content (AvgIpc) is 2.27. The maximum Gasteiger partial charge on any atom is 0.344 e.